The Bertz CT molecular complexity index is 1310. The summed E-state index contributed by atoms with van der Waals surface area (Å²) in [6, 6.07) is 14.0. The Balaban J connectivity index is 1.11. The van der Waals surface area contributed by atoms with Gasteiger partial charge in [-0.1, -0.05) is 30.3 Å². The van der Waals surface area contributed by atoms with E-state index in [-0.39, 0.29) is 24.2 Å². The van der Waals surface area contributed by atoms with Gasteiger partial charge in [0.05, 0.1) is 6.54 Å². The summed E-state index contributed by atoms with van der Waals surface area (Å²) in [6.45, 7) is 4.72. The average molecular weight is 531 g/mol. The van der Waals surface area contributed by atoms with Gasteiger partial charge in [0.15, 0.2) is 5.60 Å². The van der Waals surface area contributed by atoms with Gasteiger partial charge < -0.3 is 24.3 Å². The molecule has 3 aromatic rings. The number of hydrogen-bond acceptors (Lipinski definition) is 7. The monoisotopic (exact) mass is 530 g/mol. The molecule has 0 N–H and O–H groups in total. The van der Waals surface area contributed by atoms with Crippen LogP contribution in [0.4, 0.5) is 19.0 Å². The largest absolute Gasteiger partial charge is 0.573 e. The van der Waals surface area contributed by atoms with Gasteiger partial charge in [-0.15, -0.1) is 13.2 Å². The average Bonchev–Trinajstić information content (AvgIpc) is 3.40. The summed E-state index contributed by atoms with van der Waals surface area (Å²) in [5.41, 5.74) is 2.55. The summed E-state index contributed by atoms with van der Waals surface area (Å²) in [4.78, 5) is 16.4. The number of ether oxygens (including phenoxy) is 3. The van der Waals surface area contributed by atoms with Crippen LogP contribution in [-0.4, -0.2) is 51.0 Å². The lowest BCUT2D eigenvalue weighted by Crippen LogP contribution is -2.38. The van der Waals surface area contributed by atoms with Crippen LogP contribution in [0.5, 0.6) is 17.5 Å². The Kier molecular flexibility index (Phi) is 6.74. The van der Waals surface area contributed by atoms with Crippen LogP contribution in [-0.2, 0) is 13.1 Å². The molecule has 3 heterocycles. The molecule has 0 bridgehead atoms. The number of alkyl halides is 3. The second kappa shape index (κ2) is 10.0. The summed E-state index contributed by atoms with van der Waals surface area (Å²) in [5, 5.41) is 10.9. The molecule has 12 heteroatoms. The molecule has 2 aliphatic rings. The zero-order valence-corrected chi connectivity index (χ0v) is 20.5. The zero-order chi connectivity index (χ0) is 26.9. The van der Waals surface area contributed by atoms with Gasteiger partial charge in [-0.05, 0) is 59.2 Å². The fraction of sp³-hybridized carbons (Fsp3) is 0.346. The molecule has 0 aliphatic carbocycles. The number of rotatable bonds is 8. The first kappa shape index (κ1) is 25.6. The second-order valence-electron chi connectivity index (χ2n) is 9.54. The van der Waals surface area contributed by atoms with Crippen LogP contribution in [0.15, 0.2) is 60.8 Å². The summed E-state index contributed by atoms with van der Waals surface area (Å²) < 4.78 is 54.3. The minimum atomic E-state index is -4.69. The second-order valence-corrected chi connectivity index (χ2v) is 9.54. The first-order chi connectivity index (χ1) is 18.1. The van der Waals surface area contributed by atoms with E-state index in [0.717, 1.165) is 30.6 Å². The predicted molar refractivity (Wildman–Crippen MR) is 131 cm³/mol. The lowest BCUT2D eigenvalue weighted by atomic mass is 9.99. The molecule has 1 atom stereocenters. The Morgan fingerprint density at radius 3 is 2.45 bits per heavy atom. The van der Waals surface area contributed by atoms with E-state index in [0.29, 0.717) is 18.8 Å². The third-order valence-corrected chi connectivity index (χ3v) is 6.38. The van der Waals surface area contributed by atoms with Gasteiger partial charge in [0.1, 0.15) is 24.3 Å². The van der Waals surface area contributed by atoms with Crippen molar-refractivity contribution in [3.8, 4) is 17.5 Å². The molecule has 2 aromatic carbocycles. The normalized spacial score (nSPS) is 19.4. The van der Waals surface area contributed by atoms with Crippen LogP contribution in [0.3, 0.4) is 0 Å². The maximum atomic E-state index is 12.3. The van der Waals surface area contributed by atoms with E-state index in [9.17, 15) is 23.3 Å². The lowest BCUT2D eigenvalue weighted by Gasteiger charge is -2.26. The zero-order valence-electron chi connectivity index (χ0n) is 20.5. The highest BCUT2D eigenvalue weighted by molar-refractivity contribution is 5.67. The summed E-state index contributed by atoms with van der Waals surface area (Å²) >= 11 is 0. The van der Waals surface area contributed by atoms with Gasteiger partial charge in [-0.25, -0.2) is 0 Å². The first-order valence-electron chi connectivity index (χ1n) is 12.0. The Labute approximate surface area is 216 Å². The van der Waals surface area contributed by atoms with Crippen LogP contribution in [0, 0.1) is 10.1 Å². The number of halogens is 3. The number of fused-ring (bicyclic) bond motifs is 1. The van der Waals surface area contributed by atoms with Crippen molar-refractivity contribution in [1.29, 1.82) is 0 Å². The van der Waals surface area contributed by atoms with E-state index in [1.165, 1.54) is 23.9 Å². The van der Waals surface area contributed by atoms with Gasteiger partial charge in [0.25, 0.3) is 0 Å². The Morgan fingerprint density at radius 2 is 1.84 bits per heavy atom. The lowest BCUT2D eigenvalue weighted by molar-refractivity contribution is -0.389. The highest BCUT2D eigenvalue weighted by atomic mass is 19.4. The fourth-order valence-corrected chi connectivity index (χ4v) is 4.53. The summed E-state index contributed by atoms with van der Waals surface area (Å²) in [5.74, 6) is 0.218. The molecule has 1 unspecified atom stereocenters. The smallest absolute Gasteiger partial charge is 0.489 e. The van der Waals surface area contributed by atoms with Gasteiger partial charge in [-0.2, -0.15) is 0 Å². The molecular formula is C26H25F3N4O5. The summed E-state index contributed by atoms with van der Waals surface area (Å²) in [7, 11) is 0. The van der Waals surface area contributed by atoms with Crippen molar-refractivity contribution in [2.75, 3.05) is 19.7 Å². The van der Waals surface area contributed by atoms with E-state index in [1.54, 1.807) is 16.7 Å². The van der Waals surface area contributed by atoms with Crippen molar-refractivity contribution < 1.29 is 32.3 Å². The van der Waals surface area contributed by atoms with Crippen molar-refractivity contribution in [3.63, 3.8) is 0 Å². The molecule has 0 radical (unpaired) electrons. The van der Waals surface area contributed by atoms with Crippen molar-refractivity contribution >= 4 is 11.4 Å². The molecule has 1 aromatic heterocycles. The van der Waals surface area contributed by atoms with E-state index in [4.69, 9.17) is 9.47 Å². The number of nitro groups is 1. The topological polar surface area (TPSA) is 91.9 Å². The van der Waals surface area contributed by atoms with Crippen LogP contribution in [0.25, 0.3) is 5.57 Å². The SMILES string of the molecule is CC1(COc2ccc(C3=CCN(Cc4ccc(OC(F)(F)F)cc4)CC3)cc2)Cn2cc([N+](=O)[O-])nc2O1. The molecule has 0 amide bonds. The third kappa shape index (κ3) is 6.08. The fourth-order valence-electron chi connectivity index (χ4n) is 4.53. The maximum absolute atomic E-state index is 12.3. The van der Waals surface area contributed by atoms with Crippen molar-refractivity contribution in [3.05, 3.63) is 82.0 Å². The molecule has 0 saturated carbocycles. The highest BCUT2D eigenvalue weighted by Gasteiger charge is 2.41. The number of hydrogen-bond donors (Lipinski definition) is 0. The van der Waals surface area contributed by atoms with Crippen LogP contribution < -0.4 is 14.2 Å². The number of aromatic nitrogens is 2. The first-order valence-corrected chi connectivity index (χ1v) is 12.0. The molecule has 38 heavy (non-hydrogen) atoms. The molecule has 0 spiro atoms. The predicted octanol–water partition coefficient (Wildman–Crippen LogP) is 5.21. The summed E-state index contributed by atoms with van der Waals surface area (Å²) in [6.07, 6.45) is -0.328. The van der Waals surface area contributed by atoms with Gasteiger partial charge >= 0.3 is 18.2 Å². The van der Waals surface area contributed by atoms with Crippen molar-refractivity contribution in [2.24, 2.45) is 0 Å². The molecule has 0 fully saturated rings. The third-order valence-electron chi connectivity index (χ3n) is 6.38. The van der Waals surface area contributed by atoms with Gasteiger partial charge in [0, 0.05) is 24.6 Å². The van der Waals surface area contributed by atoms with Crippen molar-refractivity contribution in [2.45, 2.75) is 38.4 Å². The molecule has 5 rings (SSSR count). The molecule has 9 nitrogen and oxygen atoms in total. The number of nitrogens with zero attached hydrogens (tertiary/aromatic N) is 4. The molecule has 200 valence electrons. The van der Waals surface area contributed by atoms with Crippen LogP contribution in [0.1, 0.15) is 24.5 Å². The maximum Gasteiger partial charge on any atom is 0.573 e. The quantitative estimate of drug-likeness (QED) is 0.292. The standard InChI is InChI=1S/C26H25F3N4O5/c1-25(16-32-15-23(33(34)35)30-24(32)38-25)17-36-21-8-4-19(5-9-21)20-10-12-31(13-11-20)14-18-2-6-22(7-3-18)37-26(27,28)29/h2-10,15H,11-14,16-17H2,1H3. The van der Waals surface area contributed by atoms with E-state index in [1.807, 2.05) is 31.2 Å². The molecule has 2 aliphatic heterocycles. The Morgan fingerprint density at radius 1 is 1.13 bits per heavy atom. The van der Waals surface area contributed by atoms with Crippen LogP contribution in [0.2, 0.25) is 0 Å². The minimum Gasteiger partial charge on any atom is -0.489 e. The Hall–Kier alpha value is -4.06. The van der Waals surface area contributed by atoms with Crippen molar-refractivity contribution in [1.82, 2.24) is 14.5 Å². The van der Waals surface area contributed by atoms with E-state index in [2.05, 4.69) is 20.7 Å². The molecular weight excluding hydrogens is 505 g/mol. The molecule has 0 saturated heterocycles. The van der Waals surface area contributed by atoms with Gasteiger partial charge in [-0.3, -0.25) is 9.47 Å². The number of imidazole rings is 1. The van der Waals surface area contributed by atoms with E-state index < -0.39 is 16.9 Å². The number of benzene rings is 2. The van der Waals surface area contributed by atoms with Gasteiger partial charge in [0.2, 0.25) is 0 Å². The minimum absolute atomic E-state index is 0.212. The van der Waals surface area contributed by atoms with E-state index >= 15 is 0 Å². The highest BCUT2D eigenvalue weighted by Crippen LogP contribution is 2.32. The van der Waals surface area contributed by atoms with Crippen LogP contribution >= 0.6 is 0 Å².